The third-order valence-corrected chi connectivity index (χ3v) is 3.39. The molecule has 2 heterocycles. The van der Waals surface area contributed by atoms with E-state index in [0.717, 1.165) is 23.0 Å². The third-order valence-electron chi connectivity index (χ3n) is 2.64. The summed E-state index contributed by atoms with van der Waals surface area (Å²) in [5, 5.41) is 5.28. The molecule has 0 bridgehead atoms. The summed E-state index contributed by atoms with van der Waals surface area (Å²) in [6.45, 7) is 3.83. The lowest BCUT2D eigenvalue weighted by Gasteiger charge is -2.16. The molecule has 0 aliphatic rings. The molecule has 18 heavy (non-hydrogen) atoms. The molecule has 0 aromatic carbocycles. The zero-order valence-corrected chi connectivity index (χ0v) is 11.3. The molecule has 2 aromatic rings. The Morgan fingerprint density at radius 2 is 2.44 bits per heavy atom. The number of anilines is 1. The summed E-state index contributed by atoms with van der Waals surface area (Å²) in [4.78, 5) is 18.2. The molecule has 0 aliphatic heterocycles. The van der Waals surface area contributed by atoms with E-state index >= 15 is 0 Å². The molecule has 0 saturated carbocycles. The maximum Gasteiger partial charge on any atom is 0.236 e. The van der Waals surface area contributed by atoms with Crippen LogP contribution < -0.4 is 16.0 Å². The summed E-state index contributed by atoms with van der Waals surface area (Å²) >= 11 is 1.57. The molecule has 0 unspecified atom stereocenters. The number of nitrogens with two attached hydrogens (primary N) is 1. The second-order valence-corrected chi connectivity index (χ2v) is 4.91. The highest BCUT2D eigenvalue weighted by atomic mass is 32.1. The van der Waals surface area contributed by atoms with Crippen LogP contribution in [0.25, 0.3) is 4.96 Å². The second kappa shape index (κ2) is 5.36. The van der Waals surface area contributed by atoms with Gasteiger partial charge < -0.3 is 16.0 Å². The molecule has 2 rings (SSSR count). The first-order valence-electron chi connectivity index (χ1n) is 5.78. The molecule has 0 spiro atoms. The number of likely N-dealkylation sites (N-methyl/N-ethyl adjacent to an activating group) is 1. The van der Waals surface area contributed by atoms with Crippen molar-refractivity contribution in [2.24, 2.45) is 5.73 Å². The van der Waals surface area contributed by atoms with Gasteiger partial charge in [0.2, 0.25) is 5.91 Å². The van der Waals surface area contributed by atoms with Crippen LogP contribution in [0.3, 0.4) is 0 Å². The van der Waals surface area contributed by atoms with Crippen molar-refractivity contribution in [1.29, 1.82) is 0 Å². The number of hydrogen-bond acceptors (Lipinski definition) is 5. The van der Waals surface area contributed by atoms with Gasteiger partial charge in [0.15, 0.2) is 10.8 Å². The molecule has 98 valence electrons. The number of fused-ring (bicyclic) bond motifs is 1. The van der Waals surface area contributed by atoms with Crippen LogP contribution in [0.5, 0.6) is 0 Å². The minimum atomic E-state index is -0.358. The quantitative estimate of drug-likeness (QED) is 0.795. The smallest absolute Gasteiger partial charge is 0.236 e. The monoisotopic (exact) mass is 267 g/mol. The van der Waals surface area contributed by atoms with Crippen molar-refractivity contribution in [3.05, 3.63) is 17.3 Å². The van der Waals surface area contributed by atoms with Gasteiger partial charge in [-0.15, -0.1) is 11.3 Å². The lowest BCUT2D eigenvalue weighted by molar-refractivity contribution is -0.116. The van der Waals surface area contributed by atoms with E-state index in [1.54, 1.807) is 16.2 Å². The summed E-state index contributed by atoms with van der Waals surface area (Å²) in [5.41, 5.74) is 6.27. The van der Waals surface area contributed by atoms with Gasteiger partial charge >= 0.3 is 0 Å². The molecular weight excluding hydrogens is 250 g/mol. The number of rotatable bonds is 6. The van der Waals surface area contributed by atoms with E-state index < -0.39 is 0 Å². The SMILES string of the molecule is CCNCc1c(N(C)CC(N)=O)nc2sccn12. The lowest BCUT2D eigenvalue weighted by atomic mass is 10.3. The van der Waals surface area contributed by atoms with Crippen LogP contribution in [0.15, 0.2) is 11.6 Å². The van der Waals surface area contributed by atoms with Crippen molar-refractivity contribution in [1.82, 2.24) is 14.7 Å². The number of aromatic nitrogens is 2. The van der Waals surface area contributed by atoms with E-state index in [4.69, 9.17) is 5.73 Å². The number of imidazole rings is 1. The first-order chi connectivity index (χ1) is 8.63. The Bertz CT molecular complexity index is 547. The number of carbonyl (C=O) groups excluding carboxylic acids is 1. The van der Waals surface area contributed by atoms with Gasteiger partial charge in [0.25, 0.3) is 0 Å². The van der Waals surface area contributed by atoms with Gasteiger partial charge in [0, 0.05) is 25.2 Å². The van der Waals surface area contributed by atoms with Crippen LogP contribution >= 0.6 is 11.3 Å². The topological polar surface area (TPSA) is 75.7 Å². The van der Waals surface area contributed by atoms with Crippen LogP contribution in [0, 0.1) is 0 Å². The van der Waals surface area contributed by atoms with E-state index in [2.05, 4.69) is 17.2 Å². The Kier molecular flexibility index (Phi) is 3.83. The first-order valence-corrected chi connectivity index (χ1v) is 6.66. The molecular formula is C11H17N5OS. The molecule has 0 aliphatic carbocycles. The zero-order chi connectivity index (χ0) is 13.1. The van der Waals surface area contributed by atoms with Gasteiger partial charge in [0.1, 0.15) is 0 Å². The fourth-order valence-electron chi connectivity index (χ4n) is 1.84. The molecule has 0 saturated heterocycles. The van der Waals surface area contributed by atoms with Crippen LogP contribution in [-0.2, 0) is 11.3 Å². The zero-order valence-electron chi connectivity index (χ0n) is 10.5. The summed E-state index contributed by atoms with van der Waals surface area (Å²) in [6, 6.07) is 0. The Morgan fingerprint density at radius 3 is 3.11 bits per heavy atom. The number of nitrogens with one attached hydrogen (secondary N) is 1. The Hall–Kier alpha value is -1.60. The Morgan fingerprint density at radius 1 is 1.67 bits per heavy atom. The maximum atomic E-state index is 11.0. The van der Waals surface area contributed by atoms with Gasteiger partial charge in [-0.3, -0.25) is 9.20 Å². The Labute approximate surface area is 109 Å². The van der Waals surface area contributed by atoms with Gasteiger partial charge in [-0.2, -0.15) is 0 Å². The summed E-state index contributed by atoms with van der Waals surface area (Å²) in [5.74, 6) is 0.449. The van der Waals surface area contributed by atoms with Crippen molar-refractivity contribution in [2.45, 2.75) is 13.5 Å². The average Bonchev–Trinajstić information content (AvgIpc) is 2.85. The highest BCUT2D eigenvalue weighted by molar-refractivity contribution is 7.15. The normalized spacial score (nSPS) is 11.0. The van der Waals surface area contributed by atoms with Crippen LogP contribution in [0.2, 0.25) is 0 Å². The molecule has 6 nitrogen and oxygen atoms in total. The van der Waals surface area contributed by atoms with E-state index in [1.807, 2.05) is 23.0 Å². The van der Waals surface area contributed by atoms with Gasteiger partial charge in [-0.25, -0.2) is 4.98 Å². The van der Waals surface area contributed by atoms with Gasteiger partial charge in [0.05, 0.1) is 12.2 Å². The fourth-order valence-corrected chi connectivity index (χ4v) is 2.57. The summed E-state index contributed by atoms with van der Waals surface area (Å²) in [6.07, 6.45) is 1.99. The fraction of sp³-hybridized carbons (Fsp3) is 0.455. The summed E-state index contributed by atoms with van der Waals surface area (Å²) < 4.78 is 2.04. The van der Waals surface area contributed by atoms with Crippen molar-refractivity contribution in [3.63, 3.8) is 0 Å². The van der Waals surface area contributed by atoms with E-state index in [-0.39, 0.29) is 12.5 Å². The van der Waals surface area contributed by atoms with E-state index in [0.29, 0.717) is 6.54 Å². The minimum absolute atomic E-state index is 0.171. The maximum absolute atomic E-state index is 11.0. The first kappa shape index (κ1) is 12.8. The van der Waals surface area contributed by atoms with Crippen LogP contribution in [-0.4, -0.2) is 35.4 Å². The van der Waals surface area contributed by atoms with Crippen LogP contribution in [0.1, 0.15) is 12.6 Å². The predicted octanol–water partition coefficient (Wildman–Crippen LogP) is 0.427. The number of nitrogens with zero attached hydrogens (tertiary/aromatic N) is 3. The average molecular weight is 267 g/mol. The molecule has 3 N–H and O–H groups in total. The highest BCUT2D eigenvalue weighted by Gasteiger charge is 2.17. The molecule has 2 aromatic heterocycles. The largest absolute Gasteiger partial charge is 0.368 e. The number of carbonyl (C=O) groups is 1. The van der Waals surface area contributed by atoms with Crippen molar-refractivity contribution >= 4 is 28.0 Å². The Balaban J connectivity index is 2.35. The number of amides is 1. The second-order valence-electron chi connectivity index (χ2n) is 4.04. The highest BCUT2D eigenvalue weighted by Crippen LogP contribution is 2.23. The van der Waals surface area contributed by atoms with Crippen molar-refractivity contribution in [3.8, 4) is 0 Å². The van der Waals surface area contributed by atoms with Crippen molar-refractivity contribution < 1.29 is 4.79 Å². The standard InChI is InChI=1S/C11H17N5OS/c1-3-13-6-8-10(15(2)7-9(12)17)14-11-16(8)4-5-18-11/h4-5,13H,3,6-7H2,1-2H3,(H2,12,17). The van der Waals surface area contributed by atoms with Gasteiger partial charge in [-0.1, -0.05) is 6.92 Å². The summed E-state index contributed by atoms with van der Waals surface area (Å²) in [7, 11) is 1.83. The van der Waals surface area contributed by atoms with E-state index in [1.165, 1.54) is 0 Å². The minimum Gasteiger partial charge on any atom is -0.368 e. The number of thiazole rings is 1. The molecule has 7 heteroatoms. The lowest BCUT2D eigenvalue weighted by Crippen LogP contribution is -2.31. The van der Waals surface area contributed by atoms with E-state index in [9.17, 15) is 4.79 Å². The van der Waals surface area contributed by atoms with Crippen LogP contribution in [0.4, 0.5) is 5.82 Å². The molecule has 0 atom stereocenters. The van der Waals surface area contributed by atoms with Gasteiger partial charge in [-0.05, 0) is 6.54 Å². The third kappa shape index (κ3) is 2.46. The molecule has 0 fully saturated rings. The van der Waals surface area contributed by atoms with Crippen molar-refractivity contribution in [2.75, 3.05) is 25.0 Å². The number of primary amides is 1. The predicted molar refractivity (Wildman–Crippen MR) is 72.9 cm³/mol. The number of hydrogen-bond donors (Lipinski definition) is 2. The molecule has 0 radical (unpaired) electrons. The molecule has 1 amide bonds.